The molecule has 1 aromatic heterocycles. The maximum atomic E-state index is 12.4. The summed E-state index contributed by atoms with van der Waals surface area (Å²) in [6.45, 7) is 0. The van der Waals surface area contributed by atoms with Crippen LogP contribution in [0.2, 0.25) is 0 Å². The molecule has 146 valence electrons. The molecule has 29 heavy (non-hydrogen) atoms. The SMILES string of the molecule is COc1ccc2nc(SCc3ccc(C(=O)Nc4ccccc4O)cc3)[nH]c2c1. The molecule has 0 unspecified atom stereocenters. The zero-order valence-corrected chi connectivity index (χ0v) is 16.5. The fourth-order valence-corrected chi connectivity index (χ4v) is 3.68. The summed E-state index contributed by atoms with van der Waals surface area (Å²) in [5, 5.41) is 13.3. The van der Waals surface area contributed by atoms with Crippen LogP contribution < -0.4 is 10.1 Å². The fourth-order valence-electron chi connectivity index (χ4n) is 2.84. The Morgan fingerprint density at radius 3 is 2.69 bits per heavy atom. The van der Waals surface area contributed by atoms with Gasteiger partial charge >= 0.3 is 0 Å². The topological polar surface area (TPSA) is 87.2 Å². The molecule has 3 aromatic carbocycles. The number of benzene rings is 3. The molecule has 0 radical (unpaired) electrons. The van der Waals surface area contributed by atoms with Crippen molar-refractivity contribution in [3.05, 3.63) is 77.9 Å². The van der Waals surface area contributed by atoms with Gasteiger partial charge in [0.15, 0.2) is 5.16 Å². The second kappa shape index (κ2) is 8.28. The van der Waals surface area contributed by atoms with E-state index in [0.717, 1.165) is 33.3 Å². The monoisotopic (exact) mass is 405 g/mol. The molecule has 4 aromatic rings. The Hall–Kier alpha value is -3.45. The lowest BCUT2D eigenvalue weighted by Crippen LogP contribution is -2.11. The number of nitrogens with one attached hydrogen (secondary N) is 2. The predicted octanol–water partition coefficient (Wildman–Crippen LogP) is 4.82. The number of aromatic hydroxyl groups is 1. The Balaban J connectivity index is 1.39. The molecular weight excluding hydrogens is 386 g/mol. The Morgan fingerprint density at radius 1 is 1.14 bits per heavy atom. The predicted molar refractivity (Wildman–Crippen MR) is 115 cm³/mol. The first kappa shape index (κ1) is 18.9. The number of aromatic amines is 1. The molecule has 0 saturated heterocycles. The second-order valence-electron chi connectivity index (χ2n) is 6.38. The number of phenolic OH excluding ortho intramolecular Hbond substituents is 1. The number of hydrogen-bond acceptors (Lipinski definition) is 5. The molecule has 6 nitrogen and oxygen atoms in total. The van der Waals surface area contributed by atoms with Crippen molar-refractivity contribution in [3.8, 4) is 11.5 Å². The number of phenols is 1. The normalized spacial score (nSPS) is 10.8. The number of anilines is 1. The van der Waals surface area contributed by atoms with Gasteiger partial charge in [-0.3, -0.25) is 4.79 Å². The maximum Gasteiger partial charge on any atom is 0.255 e. The molecule has 0 fully saturated rings. The van der Waals surface area contributed by atoms with Crippen molar-refractivity contribution in [2.24, 2.45) is 0 Å². The highest BCUT2D eigenvalue weighted by Crippen LogP contribution is 2.26. The Labute approximate surface area is 171 Å². The minimum atomic E-state index is -0.267. The first-order chi connectivity index (χ1) is 14.1. The van der Waals surface area contributed by atoms with Crippen molar-refractivity contribution in [1.29, 1.82) is 0 Å². The summed E-state index contributed by atoms with van der Waals surface area (Å²) in [5.74, 6) is 1.28. The van der Waals surface area contributed by atoms with Crippen LogP contribution in [0.5, 0.6) is 11.5 Å². The lowest BCUT2D eigenvalue weighted by molar-refractivity contribution is 0.102. The number of para-hydroxylation sites is 2. The van der Waals surface area contributed by atoms with E-state index in [4.69, 9.17) is 4.74 Å². The van der Waals surface area contributed by atoms with E-state index in [9.17, 15) is 9.90 Å². The van der Waals surface area contributed by atoms with Gasteiger partial charge in [-0.25, -0.2) is 4.98 Å². The van der Waals surface area contributed by atoms with Gasteiger partial charge in [0, 0.05) is 17.4 Å². The van der Waals surface area contributed by atoms with E-state index in [2.05, 4.69) is 15.3 Å². The van der Waals surface area contributed by atoms with Crippen LogP contribution in [0.25, 0.3) is 11.0 Å². The number of fused-ring (bicyclic) bond motifs is 1. The van der Waals surface area contributed by atoms with E-state index in [0.29, 0.717) is 11.3 Å². The number of H-pyrrole nitrogens is 1. The lowest BCUT2D eigenvalue weighted by atomic mass is 10.1. The minimum Gasteiger partial charge on any atom is -0.506 e. The highest BCUT2D eigenvalue weighted by molar-refractivity contribution is 7.98. The van der Waals surface area contributed by atoms with Crippen molar-refractivity contribution in [1.82, 2.24) is 9.97 Å². The van der Waals surface area contributed by atoms with Crippen molar-refractivity contribution in [3.63, 3.8) is 0 Å². The molecule has 0 bridgehead atoms. The zero-order chi connectivity index (χ0) is 20.2. The Kier molecular flexibility index (Phi) is 5.39. The average molecular weight is 405 g/mol. The van der Waals surface area contributed by atoms with Crippen LogP contribution in [-0.2, 0) is 5.75 Å². The van der Waals surface area contributed by atoms with Crippen LogP contribution in [-0.4, -0.2) is 28.1 Å². The summed E-state index contributed by atoms with van der Waals surface area (Å²) in [4.78, 5) is 20.2. The van der Waals surface area contributed by atoms with Crippen molar-refractivity contribution in [2.45, 2.75) is 10.9 Å². The molecule has 1 heterocycles. The number of hydrogen-bond donors (Lipinski definition) is 3. The number of carbonyl (C=O) groups excluding carboxylic acids is 1. The third-order valence-electron chi connectivity index (χ3n) is 4.41. The van der Waals surface area contributed by atoms with Gasteiger partial charge in [0.25, 0.3) is 5.91 Å². The molecule has 0 saturated carbocycles. The summed E-state index contributed by atoms with van der Waals surface area (Å²) in [6, 6.07) is 19.7. The third kappa shape index (κ3) is 4.35. The number of thioether (sulfide) groups is 1. The van der Waals surface area contributed by atoms with Crippen LogP contribution in [0.3, 0.4) is 0 Å². The summed E-state index contributed by atoms with van der Waals surface area (Å²) >= 11 is 1.59. The van der Waals surface area contributed by atoms with Gasteiger partial charge in [-0.1, -0.05) is 36.0 Å². The van der Waals surface area contributed by atoms with Crippen molar-refractivity contribution >= 4 is 34.4 Å². The van der Waals surface area contributed by atoms with Gasteiger partial charge in [-0.2, -0.15) is 0 Å². The third-order valence-corrected chi connectivity index (χ3v) is 5.36. The van der Waals surface area contributed by atoms with Crippen LogP contribution in [0.15, 0.2) is 71.9 Å². The number of nitrogens with zero attached hydrogens (tertiary/aromatic N) is 1. The van der Waals surface area contributed by atoms with Crippen LogP contribution in [0.1, 0.15) is 15.9 Å². The second-order valence-corrected chi connectivity index (χ2v) is 7.35. The van der Waals surface area contributed by atoms with E-state index in [1.165, 1.54) is 6.07 Å². The minimum absolute atomic E-state index is 0.0392. The van der Waals surface area contributed by atoms with Crippen LogP contribution >= 0.6 is 11.8 Å². The summed E-state index contributed by atoms with van der Waals surface area (Å²) < 4.78 is 5.23. The highest BCUT2D eigenvalue weighted by atomic mass is 32.2. The molecule has 0 aliphatic rings. The smallest absolute Gasteiger partial charge is 0.255 e. The van der Waals surface area contributed by atoms with E-state index >= 15 is 0 Å². The molecule has 3 N–H and O–H groups in total. The van der Waals surface area contributed by atoms with Gasteiger partial charge in [0.1, 0.15) is 11.5 Å². The summed E-state index contributed by atoms with van der Waals surface area (Å²) in [6.07, 6.45) is 0. The average Bonchev–Trinajstić information content (AvgIpc) is 3.16. The van der Waals surface area contributed by atoms with Crippen molar-refractivity contribution < 1.29 is 14.6 Å². The molecule has 1 amide bonds. The summed E-state index contributed by atoms with van der Waals surface area (Å²) in [5.41, 5.74) is 3.82. The van der Waals surface area contributed by atoms with E-state index in [1.54, 1.807) is 49.2 Å². The molecule has 0 atom stereocenters. The Morgan fingerprint density at radius 2 is 1.93 bits per heavy atom. The highest BCUT2D eigenvalue weighted by Gasteiger charge is 2.09. The molecule has 0 spiro atoms. The molecule has 7 heteroatoms. The lowest BCUT2D eigenvalue weighted by Gasteiger charge is -2.07. The van der Waals surface area contributed by atoms with Gasteiger partial charge < -0.3 is 20.1 Å². The maximum absolute atomic E-state index is 12.4. The van der Waals surface area contributed by atoms with Crippen LogP contribution in [0, 0.1) is 0 Å². The van der Waals surface area contributed by atoms with Crippen LogP contribution in [0.4, 0.5) is 5.69 Å². The molecule has 0 aliphatic carbocycles. The summed E-state index contributed by atoms with van der Waals surface area (Å²) in [7, 11) is 1.64. The van der Waals surface area contributed by atoms with E-state index < -0.39 is 0 Å². The van der Waals surface area contributed by atoms with Crippen molar-refractivity contribution in [2.75, 3.05) is 12.4 Å². The number of ether oxygens (including phenoxy) is 1. The van der Waals surface area contributed by atoms with Gasteiger partial charge in [0.2, 0.25) is 0 Å². The molecule has 4 rings (SSSR count). The number of aromatic nitrogens is 2. The zero-order valence-electron chi connectivity index (χ0n) is 15.7. The first-order valence-electron chi connectivity index (χ1n) is 8.97. The van der Waals surface area contributed by atoms with Gasteiger partial charge in [-0.15, -0.1) is 0 Å². The first-order valence-corrected chi connectivity index (χ1v) is 9.96. The molecular formula is C22H19N3O3S. The Bertz CT molecular complexity index is 1160. The van der Waals surface area contributed by atoms with E-state index in [-0.39, 0.29) is 11.7 Å². The number of imidazole rings is 1. The van der Waals surface area contributed by atoms with E-state index in [1.807, 2.05) is 30.3 Å². The fraction of sp³-hybridized carbons (Fsp3) is 0.0909. The standard InChI is InChI=1S/C22H19N3O3S/c1-28-16-10-11-17-19(12-16)25-22(24-17)29-13-14-6-8-15(9-7-14)21(27)23-18-4-2-3-5-20(18)26/h2-12,26H,13H2,1H3,(H,23,27)(H,24,25). The quantitative estimate of drug-likeness (QED) is 0.316. The number of amides is 1. The number of carbonyl (C=O) groups is 1. The molecule has 0 aliphatic heterocycles. The largest absolute Gasteiger partial charge is 0.506 e. The number of methoxy groups -OCH3 is 1. The van der Waals surface area contributed by atoms with Gasteiger partial charge in [0.05, 0.1) is 23.8 Å². The number of rotatable bonds is 6. The van der Waals surface area contributed by atoms with Gasteiger partial charge in [-0.05, 0) is 42.0 Å².